The first-order valence-corrected chi connectivity index (χ1v) is 14.5. The van der Waals surface area contributed by atoms with Crippen molar-refractivity contribution in [2.75, 3.05) is 18.5 Å². The van der Waals surface area contributed by atoms with Gasteiger partial charge in [-0.1, -0.05) is 63.7 Å². The molecule has 8 N–H and O–H groups in total. The van der Waals surface area contributed by atoms with Crippen molar-refractivity contribution in [3.05, 3.63) is 37.0 Å². The van der Waals surface area contributed by atoms with E-state index in [9.17, 15) is 30.0 Å². The van der Waals surface area contributed by atoms with Gasteiger partial charge in [-0.15, -0.1) is 0 Å². The zero-order chi connectivity index (χ0) is 30.3. The van der Waals surface area contributed by atoms with E-state index in [1.54, 1.807) is 12.2 Å². The summed E-state index contributed by atoms with van der Waals surface area (Å²) in [5.74, 6) is -0.987. The lowest BCUT2D eigenvalue weighted by atomic mass is 9.92. The van der Waals surface area contributed by atoms with Crippen LogP contribution in [-0.4, -0.2) is 102 Å². The van der Waals surface area contributed by atoms with Crippen LogP contribution in [0, 0.1) is 0 Å². The predicted molar refractivity (Wildman–Crippen MR) is 155 cm³/mol. The smallest absolute Gasteiger partial charge is 0.244 e. The molecule has 0 aromatic carbocycles. The number of nitrogens with zero attached hydrogens (tertiary/aromatic N) is 3. The van der Waals surface area contributed by atoms with Crippen LogP contribution in [0.3, 0.4) is 0 Å². The van der Waals surface area contributed by atoms with Crippen LogP contribution in [0.2, 0.25) is 0 Å². The van der Waals surface area contributed by atoms with Gasteiger partial charge in [-0.3, -0.25) is 9.59 Å². The number of unbranched alkanes of at least 4 members (excludes halogenated alkanes) is 7. The highest BCUT2D eigenvalue weighted by molar-refractivity contribution is 5.91. The van der Waals surface area contributed by atoms with Gasteiger partial charge in [0.2, 0.25) is 11.8 Å². The van der Waals surface area contributed by atoms with Crippen molar-refractivity contribution >= 4 is 28.8 Å². The van der Waals surface area contributed by atoms with E-state index in [0.29, 0.717) is 11.2 Å². The van der Waals surface area contributed by atoms with Gasteiger partial charge >= 0.3 is 0 Å². The van der Waals surface area contributed by atoms with Crippen molar-refractivity contribution in [1.29, 1.82) is 0 Å². The van der Waals surface area contributed by atoms with Crippen LogP contribution in [0.25, 0.3) is 11.2 Å². The van der Waals surface area contributed by atoms with E-state index in [1.165, 1.54) is 57.3 Å². The maximum atomic E-state index is 12.6. The van der Waals surface area contributed by atoms with Gasteiger partial charge in [0.05, 0.1) is 25.5 Å². The van der Waals surface area contributed by atoms with Crippen molar-refractivity contribution in [3.63, 3.8) is 0 Å². The number of ether oxygens (including phenoxy) is 1. The molecule has 2 amide bonds. The first-order valence-electron chi connectivity index (χ1n) is 14.5. The molecule has 42 heavy (non-hydrogen) atoms. The van der Waals surface area contributed by atoms with E-state index in [1.807, 2.05) is 6.08 Å². The number of aromatic amines is 1. The summed E-state index contributed by atoms with van der Waals surface area (Å²) in [7, 11) is 0. The molecule has 6 atom stereocenters. The maximum absolute atomic E-state index is 12.6. The molecule has 2 aromatic rings. The summed E-state index contributed by atoms with van der Waals surface area (Å²) < 4.78 is 5.76. The lowest BCUT2D eigenvalue weighted by molar-refractivity contribution is -0.204. The summed E-state index contributed by atoms with van der Waals surface area (Å²) in [5.41, 5.74) is 0.776. The number of aromatic nitrogens is 4. The summed E-state index contributed by atoms with van der Waals surface area (Å²) in [6.07, 6.45) is 11.6. The Labute approximate surface area is 244 Å². The van der Waals surface area contributed by atoms with Crippen LogP contribution in [0.4, 0.5) is 5.82 Å². The number of anilines is 1. The van der Waals surface area contributed by atoms with Crippen LogP contribution < -0.4 is 16.0 Å². The number of rotatable bonds is 17. The van der Waals surface area contributed by atoms with Gasteiger partial charge in [0.1, 0.15) is 36.3 Å². The van der Waals surface area contributed by atoms with Gasteiger partial charge in [-0.05, 0) is 12.8 Å². The molecule has 0 unspecified atom stereocenters. The Morgan fingerprint density at radius 1 is 1.07 bits per heavy atom. The van der Waals surface area contributed by atoms with Crippen LogP contribution in [0.1, 0.15) is 58.3 Å². The lowest BCUT2D eigenvalue weighted by Gasteiger charge is -2.44. The third kappa shape index (κ3) is 9.84. The van der Waals surface area contributed by atoms with Crippen molar-refractivity contribution in [3.8, 4) is 0 Å². The van der Waals surface area contributed by atoms with E-state index < -0.39 is 61.7 Å². The fourth-order valence-electron chi connectivity index (χ4n) is 4.65. The van der Waals surface area contributed by atoms with Gasteiger partial charge < -0.3 is 46.1 Å². The molecule has 0 saturated carbocycles. The number of carbonyl (C=O) groups excluding carboxylic acids is 2. The summed E-state index contributed by atoms with van der Waals surface area (Å²) in [4.78, 5) is 39.7. The molecule has 0 aliphatic carbocycles. The van der Waals surface area contributed by atoms with E-state index in [-0.39, 0.29) is 5.82 Å². The molecule has 1 aliphatic rings. The van der Waals surface area contributed by atoms with E-state index in [2.05, 4.69) is 42.8 Å². The summed E-state index contributed by atoms with van der Waals surface area (Å²) in [6, 6.07) is -1.30. The Hall–Kier alpha value is -3.43. The van der Waals surface area contributed by atoms with Crippen LogP contribution >= 0.6 is 0 Å². The van der Waals surface area contributed by atoms with Gasteiger partial charge in [-0.2, -0.15) is 0 Å². The molecule has 1 fully saturated rings. The molecule has 1 saturated heterocycles. The van der Waals surface area contributed by atoms with E-state index >= 15 is 0 Å². The van der Waals surface area contributed by atoms with Crippen molar-refractivity contribution in [2.24, 2.45) is 0 Å². The molecule has 0 radical (unpaired) electrons. The average molecular weight is 590 g/mol. The number of aliphatic hydroxyl groups is 4. The zero-order valence-corrected chi connectivity index (χ0v) is 23.9. The minimum Gasteiger partial charge on any atom is -0.394 e. The van der Waals surface area contributed by atoms with Gasteiger partial charge in [0.25, 0.3) is 0 Å². The number of H-pyrrole nitrogens is 1. The van der Waals surface area contributed by atoms with Gasteiger partial charge in [-0.25, -0.2) is 15.0 Å². The SMILES string of the molecule is CCCCCCCCC/C=C/C=C/C(=O)NCC(=O)N[C@@H]1[C@@H](O)[C@@H](O)[C@@H](Nc2ncnc3[nH]cnc23)O[C@H]1[C@@H](O)CO. The van der Waals surface area contributed by atoms with Gasteiger partial charge in [0.15, 0.2) is 17.7 Å². The summed E-state index contributed by atoms with van der Waals surface area (Å²) in [6.45, 7) is 1.04. The van der Waals surface area contributed by atoms with Crippen molar-refractivity contribution < 1.29 is 34.8 Å². The second-order valence-corrected chi connectivity index (χ2v) is 10.2. The number of nitrogens with one attached hydrogen (secondary N) is 4. The van der Waals surface area contributed by atoms with Crippen LogP contribution in [-0.2, 0) is 14.3 Å². The largest absolute Gasteiger partial charge is 0.394 e. The second kappa shape index (κ2) is 17.5. The molecular formula is C28H43N7O7. The second-order valence-electron chi connectivity index (χ2n) is 10.2. The number of allylic oxidation sites excluding steroid dienone is 3. The Kier molecular flexibility index (Phi) is 13.8. The number of fused-ring (bicyclic) bond motifs is 1. The highest BCUT2D eigenvalue weighted by atomic mass is 16.5. The first-order chi connectivity index (χ1) is 20.3. The third-order valence-electron chi connectivity index (χ3n) is 6.97. The molecular weight excluding hydrogens is 546 g/mol. The maximum Gasteiger partial charge on any atom is 0.244 e. The van der Waals surface area contributed by atoms with Crippen molar-refractivity contribution in [1.82, 2.24) is 30.6 Å². The third-order valence-corrected chi connectivity index (χ3v) is 6.97. The number of imidazole rings is 1. The normalized spacial score (nSPS) is 23.4. The predicted octanol–water partition coefficient (Wildman–Crippen LogP) is 0.419. The summed E-state index contributed by atoms with van der Waals surface area (Å²) >= 11 is 0. The van der Waals surface area contributed by atoms with Crippen molar-refractivity contribution in [2.45, 2.75) is 95.0 Å². The molecule has 232 valence electrons. The van der Waals surface area contributed by atoms with Crippen LogP contribution in [0.5, 0.6) is 0 Å². The fraction of sp³-hybridized carbons (Fsp3) is 0.607. The van der Waals surface area contributed by atoms with Crippen LogP contribution in [0.15, 0.2) is 37.0 Å². The Morgan fingerprint density at radius 2 is 1.83 bits per heavy atom. The zero-order valence-electron chi connectivity index (χ0n) is 23.9. The number of hydrogen-bond acceptors (Lipinski definition) is 11. The molecule has 0 bridgehead atoms. The molecule has 3 rings (SSSR count). The average Bonchev–Trinajstić information content (AvgIpc) is 3.48. The number of hydrogen-bond donors (Lipinski definition) is 8. The highest BCUT2D eigenvalue weighted by Crippen LogP contribution is 2.26. The first kappa shape index (κ1) is 33.1. The molecule has 0 spiro atoms. The van der Waals surface area contributed by atoms with Gasteiger partial charge in [0, 0.05) is 6.08 Å². The molecule has 3 heterocycles. The quantitative estimate of drug-likeness (QED) is 0.0719. The summed E-state index contributed by atoms with van der Waals surface area (Å²) in [5, 5.41) is 49.2. The topological polar surface area (TPSA) is 215 Å². The minimum atomic E-state index is -1.61. The van der Waals surface area contributed by atoms with E-state index in [0.717, 1.165) is 12.8 Å². The fourth-order valence-corrected chi connectivity index (χ4v) is 4.65. The number of carbonyl (C=O) groups is 2. The standard InChI is InChI=1S/C28H43N7O7/c1-2-3-4-5-6-7-8-9-10-11-12-13-19(38)29-14-20(39)34-21-23(40)24(41)28(42-25(21)18(37)15-36)35-27-22-26(31-16-30-22)32-17-33-27/h10-13,16-18,21,23-25,28,36-37,40-41H,2-9,14-15H2,1H3,(H,29,38)(H,34,39)(H2,30,31,32,33,35)/b11-10+,13-12+/t18-,21+,23+,24+,25-,28-/m0/s1. The monoisotopic (exact) mass is 589 g/mol. The highest BCUT2D eigenvalue weighted by Gasteiger charge is 2.48. The number of aliphatic hydroxyl groups excluding tert-OH is 4. The van der Waals surface area contributed by atoms with E-state index in [4.69, 9.17) is 4.74 Å². The lowest BCUT2D eigenvalue weighted by Crippen LogP contribution is -2.68. The minimum absolute atomic E-state index is 0.195. The molecule has 2 aromatic heterocycles. The number of amides is 2. The Bertz CT molecular complexity index is 1170. The Morgan fingerprint density at radius 3 is 2.60 bits per heavy atom. The molecule has 14 heteroatoms. The molecule has 14 nitrogen and oxygen atoms in total. The molecule has 1 aliphatic heterocycles. The Balaban J connectivity index is 1.46.